The second-order valence-corrected chi connectivity index (χ2v) is 6.28. The molecule has 5 nitrogen and oxygen atoms in total. The van der Waals surface area contributed by atoms with Crippen molar-refractivity contribution in [1.29, 1.82) is 0 Å². The van der Waals surface area contributed by atoms with E-state index in [-0.39, 0.29) is 11.9 Å². The number of carbonyl (C=O) groups is 1. The molecule has 21 heavy (non-hydrogen) atoms. The molecule has 110 valence electrons. The van der Waals surface area contributed by atoms with Crippen LogP contribution in [0.1, 0.15) is 40.5 Å². The van der Waals surface area contributed by atoms with E-state index in [0.29, 0.717) is 11.3 Å². The normalized spacial score (nSPS) is 17.3. The van der Waals surface area contributed by atoms with Gasteiger partial charge in [-0.1, -0.05) is 15.9 Å². The number of benzene rings is 1. The van der Waals surface area contributed by atoms with Crippen LogP contribution in [0.3, 0.4) is 0 Å². The molecule has 1 aromatic heterocycles. The van der Waals surface area contributed by atoms with E-state index in [1.165, 1.54) is 5.69 Å². The summed E-state index contributed by atoms with van der Waals surface area (Å²) in [5, 5.41) is 7.39. The number of anilines is 1. The van der Waals surface area contributed by atoms with E-state index in [0.717, 1.165) is 29.3 Å². The summed E-state index contributed by atoms with van der Waals surface area (Å²) < 4.78 is 2.70. The molecule has 0 bridgehead atoms. The highest BCUT2D eigenvalue weighted by Crippen LogP contribution is 2.29. The molecular weight excluding hydrogens is 332 g/mol. The van der Waals surface area contributed by atoms with Crippen molar-refractivity contribution in [3.63, 3.8) is 0 Å². The first kappa shape index (κ1) is 14.1. The summed E-state index contributed by atoms with van der Waals surface area (Å²) in [6.45, 7) is 0. The monoisotopic (exact) mass is 348 g/mol. The molecule has 1 amide bonds. The Balaban J connectivity index is 1.82. The molecule has 0 radical (unpaired) electrons. The van der Waals surface area contributed by atoms with Crippen LogP contribution in [0.15, 0.2) is 28.9 Å². The van der Waals surface area contributed by atoms with Gasteiger partial charge in [0, 0.05) is 34.0 Å². The van der Waals surface area contributed by atoms with Crippen LogP contribution in [-0.4, -0.2) is 15.7 Å². The predicted octanol–water partition coefficient (Wildman–Crippen LogP) is 2.57. The zero-order chi connectivity index (χ0) is 15.0. The Bertz CT molecular complexity index is 675. The van der Waals surface area contributed by atoms with Crippen LogP contribution in [0.2, 0.25) is 0 Å². The zero-order valence-corrected chi connectivity index (χ0v) is 13.4. The molecule has 6 heteroatoms. The van der Waals surface area contributed by atoms with E-state index >= 15 is 0 Å². The first-order valence-electron chi connectivity index (χ1n) is 6.92. The lowest BCUT2D eigenvalue weighted by Crippen LogP contribution is -2.31. The molecule has 1 unspecified atom stereocenters. The Hall–Kier alpha value is -1.82. The SMILES string of the molecule is Cn1ncc2c1CCCC2NC(=O)c1cc(N)cc(Br)c1. The van der Waals surface area contributed by atoms with Crippen LogP contribution in [0.5, 0.6) is 0 Å². The van der Waals surface area contributed by atoms with Crippen molar-refractivity contribution in [2.45, 2.75) is 25.3 Å². The van der Waals surface area contributed by atoms with Crippen molar-refractivity contribution >= 4 is 27.5 Å². The lowest BCUT2D eigenvalue weighted by atomic mass is 9.93. The van der Waals surface area contributed by atoms with E-state index in [4.69, 9.17) is 5.73 Å². The highest BCUT2D eigenvalue weighted by atomic mass is 79.9. The number of aromatic nitrogens is 2. The maximum Gasteiger partial charge on any atom is 0.251 e. The lowest BCUT2D eigenvalue weighted by molar-refractivity contribution is 0.0932. The molecular formula is C15H17BrN4O. The van der Waals surface area contributed by atoms with Gasteiger partial charge in [-0.15, -0.1) is 0 Å². The smallest absolute Gasteiger partial charge is 0.251 e. The van der Waals surface area contributed by atoms with E-state index in [2.05, 4.69) is 26.3 Å². The number of carbonyl (C=O) groups excluding carboxylic acids is 1. The largest absolute Gasteiger partial charge is 0.399 e. The average Bonchev–Trinajstić information content (AvgIpc) is 2.81. The number of nitrogens with one attached hydrogen (secondary N) is 1. The third-order valence-electron chi connectivity index (χ3n) is 3.86. The molecule has 2 aromatic rings. The van der Waals surface area contributed by atoms with Crippen LogP contribution >= 0.6 is 15.9 Å². The third kappa shape index (κ3) is 2.81. The van der Waals surface area contributed by atoms with Crippen LogP contribution in [0.25, 0.3) is 0 Å². The first-order valence-corrected chi connectivity index (χ1v) is 7.71. The molecule has 0 spiro atoms. The van der Waals surface area contributed by atoms with E-state index in [1.807, 2.05) is 17.9 Å². The maximum atomic E-state index is 12.4. The summed E-state index contributed by atoms with van der Waals surface area (Å²) in [4.78, 5) is 12.4. The summed E-state index contributed by atoms with van der Waals surface area (Å²) in [6, 6.07) is 5.26. The molecule has 1 heterocycles. The van der Waals surface area contributed by atoms with Crippen molar-refractivity contribution in [3.8, 4) is 0 Å². The van der Waals surface area contributed by atoms with Gasteiger partial charge >= 0.3 is 0 Å². The van der Waals surface area contributed by atoms with Gasteiger partial charge < -0.3 is 11.1 Å². The second-order valence-electron chi connectivity index (χ2n) is 5.36. The minimum atomic E-state index is -0.107. The highest BCUT2D eigenvalue weighted by molar-refractivity contribution is 9.10. The van der Waals surface area contributed by atoms with Crippen LogP contribution in [0, 0.1) is 0 Å². The number of nitrogens with two attached hydrogens (primary N) is 1. The highest BCUT2D eigenvalue weighted by Gasteiger charge is 2.25. The topological polar surface area (TPSA) is 72.9 Å². The summed E-state index contributed by atoms with van der Waals surface area (Å²) >= 11 is 3.36. The molecule has 1 aliphatic carbocycles. The van der Waals surface area contributed by atoms with Gasteiger partial charge in [-0.25, -0.2) is 0 Å². The number of hydrogen-bond donors (Lipinski definition) is 2. The first-order chi connectivity index (χ1) is 10.0. The Labute approximate surface area is 131 Å². The van der Waals surface area contributed by atoms with Gasteiger partial charge in [0.2, 0.25) is 0 Å². The van der Waals surface area contributed by atoms with Crippen LogP contribution in [-0.2, 0) is 13.5 Å². The van der Waals surface area contributed by atoms with Crippen molar-refractivity contribution in [3.05, 3.63) is 45.7 Å². The Morgan fingerprint density at radius 2 is 2.29 bits per heavy atom. The number of fused-ring (bicyclic) bond motifs is 1. The van der Waals surface area contributed by atoms with Crippen molar-refractivity contribution in [2.24, 2.45) is 7.05 Å². The molecule has 1 aromatic carbocycles. The number of aryl methyl sites for hydroxylation is 1. The average molecular weight is 349 g/mol. The minimum absolute atomic E-state index is 0.0233. The molecule has 0 saturated heterocycles. The summed E-state index contributed by atoms with van der Waals surface area (Å²) in [7, 11) is 1.94. The Kier molecular flexibility index (Phi) is 3.71. The Morgan fingerprint density at radius 1 is 1.48 bits per heavy atom. The molecule has 1 atom stereocenters. The van der Waals surface area contributed by atoms with Crippen LogP contribution in [0.4, 0.5) is 5.69 Å². The van der Waals surface area contributed by atoms with Gasteiger partial charge in [-0.3, -0.25) is 9.48 Å². The van der Waals surface area contributed by atoms with E-state index < -0.39 is 0 Å². The summed E-state index contributed by atoms with van der Waals surface area (Å²) in [5.74, 6) is -0.107. The van der Waals surface area contributed by atoms with E-state index in [9.17, 15) is 4.79 Å². The quantitative estimate of drug-likeness (QED) is 0.819. The van der Waals surface area contributed by atoms with Crippen molar-refractivity contribution < 1.29 is 4.79 Å². The van der Waals surface area contributed by atoms with Crippen molar-refractivity contribution in [1.82, 2.24) is 15.1 Å². The number of halogens is 1. The van der Waals surface area contributed by atoms with Gasteiger partial charge in [0.15, 0.2) is 0 Å². The zero-order valence-electron chi connectivity index (χ0n) is 11.8. The maximum absolute atomic E-state index is 12.4. The van der Waals surface area contributed by atoms with E-state index in [1.54, 1.807) is 18.2 Å². The van der Waals surface area contributed by atoms with Gasteiger partial charge in [0.1, 0.15) is 0 Å². The number of amides is 1. The summed E-state index contributed by atoms with van der Waals surface area (Å²) in [5.41, 5.74) is 9.26. The van der Waals surface area contributed by atoms with Gasteiger partial charge in [-0.2, -0.15) is 5.10 Å². The molecule has 0 saturated carbocycles. The number of nitrogen functional groups attached to an aromatic ring is 1. The fourth-order valence-electron chi connectivity index (χ4n) is 2.84. The fraction of sp³-hybridized carbons (Fsp3) is 0.333. The fourth-order valence-corrected chi connectivity index (χ4v) is 3.35. The number of hydrogen-bond acceptors (Lipinski definition) is 3. The molecule has 0 fully saturated rings. The molecule has 3 N–H and O–H groups in total. The number of nitrogens with zero attached hydrogens (tertiary/aromatic N) is 2. The lowest BCUT2D eigenvalue weighted by Gasteiger charge is -2.24. The standard InChI is InChI=1S/C15H17BrN4O/c1-20-14-4-2-3-13(12(14)8-18-20)19-15(21)9-5-10(16)7-11(17)6-9/h5-8,13H,2-4,17H2,1H3,(H,19,21). The number of rotatable bonds is 2. The van der Waals surface area contributed by atoms with Gasteiger partial charge in [-0.05, 0) is 37.5 Å². The second kappa shape index (κ2) is 5.52. The molecule has 0 aliphatic heterocycles. The molecule has 1 aliphatic rings. The Morgan fingerprint density at radius 3 is 3.05 bits per heavy atom. The third-order valence-corrected chi connectivity index (χ3v) is 4.32. The van der Waals surface area contributed by atoms with Gasteiger partial charge in [0.05, 0.1) is 12.2 Å². The van der Waals surface area contributed by atoms with Crippen LogP contribution < -0.4 is 11.1 Å². The van der Waals surface area contributed by atoms with Crippen molar-refractivity contribution in [2.75, 3.05) is 5.73 Å². The minimum Gasteiger partial charge on any atom is -0.399 e. The van der Waals surface area contributed by atoms with Gasteiger partial charge in [0.25, 0.3) is 5.91 Å². The summed E-state index contributed by atoms with van der Waals surface area (Å²) in [6.07, 6.45) is 4.86. The predicted molar refractivity (Wildman–Crippen MR) is 84.9 cm³/mol. The molecule has 3 rings (SSSR count).